The number of allylic oxidation sites excluding steroid dienone is 5. The summed E-state index contributed by atoms with van der Waals surface area (Å²) in [6, 6.07) is 12.6. The summed E-state index contributed by atoms with van der Waals surface area (Å²) in [4.78, 5) is 7.04. The molecule has 0 aliphatic rings. The summed E-state index contributed by atoms with van der Waals surface area (Å²) in [5.41, 5.74) is 6.55. The summed E-state index contributed by atoms with van der Waals surface area (Å²) in [5, 5.41) is 3.57. The highest BCUT2D eigenvalue weighted by atomic mass is 15.0. The topological polar surface area (TPSA) is 28.2 Å². The molecule has 1 aromatic carbocycles. The zero-order chi connectivity index (χ0) is 23.7. The van der Waals surface area contributed by atoms with E-state index in [0.29, 0.717) is 5.41 Å². The lowest BCUT2D eigenvalue weighted by Crippen LogP contribution is -2.11. The van der Waals surface area contributed by atoms with E-state index < -0.39 is 0 Å². The molecule has 0 spiro atoms. The Morgan fingerprint density at radius 2 is 1.91 bits per heavy atom. The summed E-state index contributed by atoms with van der Waals surface area (Å²) in [6.07, 6.45) is 10.3. The van der Waals surface area contributed by atoms with Crippen molar-refractivity contribution >= 4 is 17.0 Å². The minimum atomic E-state index is 0.331. The maximum Gasteiger partial charge on any atom is 0.134 e. The van der Waals surface area contributed by atoms with Gasteiger partial charge in [0.25, 0.3) is 0 Å². The molecule has 1 heterocycles. The molecule has 170 valence electrons. The van der Waals surface area contributed by atoms with Crippen molar-refractivity contribution in [3.05, 3.63) is 85.1 Å². The third-order valence-electron chi connectivity index (χ3n) is 5.11. The van der Waals surface area contributed by atoms with E-state index in [2.05, 4.69) is 81.8 Å². The van der Waals surface area contributed by atoms with Gasteiger partial charge in [-0.25, -0.2) is 4.98 Å². The molecule has 0 aliphatic heterocycles. The maximum atomic E-state index is 5.01. The smallest absolute Gasteiger partial charge is 0.134 e. The average molecular weight is 430 g/mol. The van der Waals surface area contributed by atoms with Gasteiger partial charge in [0.1, 0.15) is 5.82 Å². The van der Waals surface area contributed by atoms with Gasteiger partial charge in [-0.05, 0) is 60.1 Å². The van der Waals surface area contributed by atoms with Crippen molar-refractivity contribution in [3.8, 4) is 11.3 Å². The molecule has 0 saturated carbocycles. The predicted octanol–water partition coefficient (Wildman–Crippen LogP) is 7.66. The van der Waals surface area contributed by atoms with E-state index in [9.17, 15) is 0 Å². The van der Waals surface area contributed by atoms with Crippen molar-refractivity contribution in [2.45, 2.75) is 40.5 Å². The number of hydrogen-bond donors (Lipinski definition) is 1. The first-order chi connectivity index (χ1) is 15.1. The number of anilines is 1. The van der Waals surface area contributed by atoms with E-state index in [-0.39, 0.29) is 0 Å². The minimum Gasteiger partial charge on any atom is -0.383 e. The lowest BCUT2D eigenvalue weighted by molar-refractivity contribution is 0.370. The van der Waals surface area contributed by atoms with Crippen molar-refractivity contribution in [1.82, 2.24) is 9.88 Å². The first-order valence-corrected chi connectivity index (χ1v) is 11.3. The fourth-order valence-electron chi connectivity index (χ4n) is 3.51. The SMILES string of the molecule is C=C/C(=C\N(C)C)c1cccc(-c2ccc(C(=C)/C=C\C)c(NCCCC(C)(C)C)n2)c1. The first-order valence-electron chi connectivity index (χ1n) is 11.3. The molecular weight excluding hydrogens is 390 g/mol. The van der Waals surface area contributed by atoms with Crippen molar-refractivity contribution in [3.63, 3.8) is 0 Å². The molecule has 0 bridgehead atoms. The molecular formula is C29H39N3. The van der Waals surface area contributed by atoms with Crippen LogP contribution in [0.25, 0.3) is 22.4 Å². The predicted molar refractivity (Wildman–Crippen MR) is 143 cm³/mol. The third kappa shape index (κ3) is 7.56. The van der Waals surface area contributed by atoms with Crippen LogP contribution in [-0.2, 0) is 0 Å². The molecule has 32 heavy (non-hydrogen) atoms. The molecule has 1 N–H and O–H groups in total. The fourth-order valence-corrected chi connectivity index (χ4v) is 3.51. The molecule has 2 aromatic rings. The second-order valence-electron chi connectivity index (χ2n) is 9.54. The van der Waals surface area contributed by atoms with E-state index in [1.54, 1.807) is 0 Å². The normalized spacial score (nSPS) is 12.1. The Labute approximate surface area is 195 Å². The van der Waals surface area contributed by atoms with E-state index in [1.165, 1.54) is 0 Å². The Hall–Kier alpha value is -3.07. The highest BCUT2D eigenvalue weighted by Gasteiger charge is 2.12. The molecule has 3 heteroatoms. The highest BCUT2D eigenvalue weighted by molar-refractivity contribution is 5.81. The molecule has 3 nitrogen and oxygen atoms in total. The zero-order valence-electron chi connectivity index (χ0n) is 20.7. The standard InChI is InChI=1S/C29H39N3/c1-9-13-22(3)26-16-17-27(31-28(26)30-19-12-18-29(4,5)6)25-15-11-14-24(20-25)23(10-2)21-32(7)8/h9-11,13-17,20-21H,2-3,12,18-19H2,1,4-8H3,(H,30,31)/b13-9-,23-21+. The maximum absolute atomic E-state index is 5.01. The Morgan fingerprint density at radius 3 is 2.53 bits per heavy atom. The molecule has 0 fully saturated rings. The van der Waals surface area contributed by atoms with Gasteiger partial charge < -0.3 is 10.2 Å². The van der Waals surface area contributed by atoms with Crippen LogP contribution in [0.2, 0.25) is 0 Å². The third-order valence-corrected chi connectivity index (χ3v) is 5.11. The van der Waals surface area contributed by atoms with E-state index in [0.717, 1.165) is 58.7 Å². The van der Waals surface area contributed by atoms with Gasteiger partial charge in [0.05, 0.1) is 5.69 Å². The number of benzene rings is 1. The van der Waals surface area contributed by atoms with Gasteiger partial charge in [0, 0.05) is 38.0 Å². The van der Waals surface area contributed by atoms with E-state index >= 15 is 0 Å². The molecule has 0 aliphatic carbocycles. The molecule has 0 atom stereocenters. The van der Waals surface area contributed by atoms with Crippen molar-refractivity contribution < 1.29 is 0 Å². The number of rotatable bonds is 10. The fraction of sp³-hybridized carbons (Fsp3) is 0.345. The van der Waals surface area contributed by atoms with Crippen LogP contribution in [0, 0.1) is 5.41 Å². The second kappa shape index (κ2) is 11.5. The van der Waals surface area contributed by atoms with Crippen LogP contribution >= 0.6 is 0 Å². The lowest BCUT2D eigenvalue weighted by Gasteiger charge is -2.19. The number of pyridine rings is 1. The van der Waals surface area contributed by atoms with Crippen LogP contribution < -0.4 is 5.32 Å². The number of nitrogens with one attached hydrogen (secondary N) is 1. The molecule has 2 rings (SSSR count). The van der Waals surface area contributed by atoms with Crippen LogP contribution in [-0.4, -0.2) is 30.5 Å². The summed E-state index contributed by atoms with van der Waals surface area (Å²) < 4.78 is 0. The van der Waals surface area contributed by atoms with Gasteiger partial charge in [-0.15, -0.1) is 0 Å². The second-order valence-corrected chi connectivity index (χ2v) is 9.54. The summed E-state index contributed by atoms with van der Waals surface area (Å²) >= 11 is 0. The van der Waals surface area contributed by atoms with Crippen LogP contribution in [0.5, 0.6) is 0 Å². The van der Waals surface area contributed by atoms with Crippen molar-refractivity contribution in [2.75, 3.05) is 26.0 Å². The highest BCUT2D eigenvalue weighted by Crippen LogP contribution is 2.29. The Bertz CT molecular complexity index is 988. The first kappa shape index (κ1) is 25.2. The van der Waals surface area contributed by atoms with Crippen LogP contribution in [0.15, 0.2) is 74.0 Å². The van der Waals surface area contributed by atoms with Crippen molar-refractivity contribution in [2.24, 2.45) is 5.41 Å². The van der Waals surface area contributed by atoms with Crippen LogP contribution in [0.3, 0.4) is 0 Å². The van der Waals surface area contributed by atoms with Gasteiger partial charge in [-0.3, -0.25) is 0 Å². The van der Waals surface area contributed by atoms with Gasteiger partial charge in [0.2, 0.25) is 0 Å². The summed E-state index contributed by atoms with van der Waals surface area (Å²) in [6.45, 7) is 17.9. The molecule has 0 unspecified atom stereocenters. The molecule has 0 radical (unpaired) electrons. The van der Waals surface area contributed by atoms with Gasteiger partial charge in [-0.2, -0.15) is 0 Å². The summed E-state index contributed by atoms with van der Waals surface area (Å²) in [7, 11) is 4.03. The van der Waals surface area contributed by atoms with E-state index in [1.807, 2.05) is 44.1 Å². The van der Waals surface area contributed by atoms with Crippen molar-refractivity contribution in [1.29, 1.82) is 0 Å². The van der Waals surface area contributed by atoms with Gasteiger partial charge in [-0.1, -0.05) is 70.4 Å². The lowest BCUT2D eigenvalue weighted by atomic mass is 9.91. The summed E-state index contributed by atoms with van der Waals surface area (Å²) in [5.74, 6) is 0.887. The van der Waals surface area contributed by atoms with Gasteiger partial charge in [0.15, 0.2) is 0 Å². The van der Waals surface area contributed by atoms with Gasteiger partial charge >= 0.3 is 0 Å². The van der Waals surface area contributed by atoms with Crippen LogP contribution in [0.1, 0.15) is 51.7 Å². The Balaban J connectivity index is 2.39. The molecule has 0 amide bonds. The number of hydrogen-bond acceptors (Lipinski definition) is 3. The largest absolute Gasteiger partial charge is 0.383 e. The number of nitrogens with zero attached hydrogens (tertiary/aromatic N) is 2. The average Bonchev–Trinajstić information content (AvgIpc) is 2.74. The monoisotopic (exact) mass is 429 g/mol. The number of aromatic nitrogens is 1. The minimum absolute atomic E-state index is 0.331. The Morgan fingerprint density at radius 1 is 1.16 bits per heavy atom. The van der Waals surface area contributed by atoms with E-state index in [4.69, 9.17) is 4.98 Å². The quantitative estimate of drug-likeness (QED) is 0.310. The molecule has 0 saturated heterocycles. The van der Waals surface area contributed by atoms with Crippen LogP contribution in [0.4, 0.5) is 5.82 Å². The molecule has 1 aromatic heterocycles. The Kier molecular flexibility index (Phi) is 9.07. The zero-order valence-corrected chi connectivity index (χ0v) is 20.7.